The van der Waals surface area contributed by atoms with Gasteiger partial charge in [0.2, 0.25) is 11.8 Å². The number of hydrogen-bond acceptors (Lipinski definition) is 7. The predicted octanol–water partition coefficient (Wildman–Crippen LogP) is 2.81. The molecule has 0 aromatic carbocycles. The number of nitrogens with zero attached hydrogens (tertiary/aromatic N) is 2. The zero-order valence-electron chi connectivity index (χ0n) is 17.8. The average molecular weight is 436 g/mol. The number of ether oxygens (including phenoxy) is 2. The number of pyridine rings is 1. The van der Waals surface area contributed by atoms with Crippen LogP contribution in [0.4, 0.5) is 0 Å². The van der Waals surface area contributed by atoms with E-state index < -0.39 is 0 Å². The van der Waals surface area contributed by atoms with E-state index in [0.717, 1.165) is 18.7 Å². The summed E-state index contributed by atoms with van der Waals surface area (Å²) in [5.74, 6) is 1.54. The van der Waals surface area contributed by atoms with Gasteiger partial charge in [-0.2, -0.15) is 11.8 Å². The summed E-state index contributed by atoms with van der Waals surface area (Å²) in [5.41, 5.74) is 1.23. The molecular weight excluding hydrogens is 402 g/mol. The molecule has 1 aliphatic rings. The Balaban J connectivity index is 1.53. The standard InChI is InChI=1S/C22H33N3O4S/c1-19(26)28-14-7-15-30-18-21(27)23-9-3-6-13-29-22-16-20(8-10-24-22)17-25-11-4-2-5-12-25/h3,6,8,10,16H,2,4-5,7,9,11-15,17-18H2,1H3,(H,23,27)/b6-3-. The molecule has 1 aromatic rings. The number of hydrogen-bond donors (Lipinski definition) is 1. The van der Waals surface area contributed by atoms with E-state index in [2.05, 4.69) is 15.2 Å². The lowest BCUT2D eigenvalue weighted by Crippen LogP contribution is -2.29. The zero-order valence-corrected chi connectivity index (χ0v) is 18.6. The van der Waals surface area contributed by atoms with Crippen LogP contribution in [0.5, 0.6) is 5.88 Å². The van der Waals surface area contributed by atoms with E-state index >= 15 is 0 Å². The smallest absolute Gasteiger partial charge is 0.302 e. The summed E-state index contributed by atoms with van der Waals surface area (Å²) in [6.45, 7) is 5.97. The minimum atomic E-state index is -0.269. The molecule has 0 radical (unpaired) electrons. The number of esters is 1. The van der Waals surface area contributed by atoms with Crippen LogP contribution < -0.4 is 10.1 Å². The van der Waals surface area contributed by atoms with Gasteiger partial charge in [-0.05, 0) is 55.8 Å². The van der Waals surface area contributed by atoms with Crippen LogP contribution in [0.1, 0.15) is 38.2 Å². The molecule has 1 saturated heterocycles. The maximum Gasteiger partial charge on any atom is 0.302 e. The molecule has 0 spiro atoms. The molecule has 2 heterocycles. The zero-order chi connectivity index (χ0) is 21.4. The molecule has 30 heavy (non-hydrogen) atoms. The van der Waals surface area contributed by atoms with Crippen molar-refractivity contribution in [1.29, 1.82) is 0 Å². The van der Waals surface area contributed by atoms with Crippen molar-refractivity contribution < 1.29 is 19.1 Å². The quantitative estimate of drug-likeness (QED) is 0.290. The Morgan fingerprint density at radius 3 is 2.90 bits per heavy atom. The molecule has 1 aliphatic heterocycles. The first kappa shape index (κ1) is 24.2. The highest BCUT2D eigenvalue weighted by molar-refractivity contribution is 7.99. The van der Waals surface area contributed by atoms with Crippen molar-refractivity contribution >= 4 is 23.6 Å². The lowest BCUT2D eigenvalue weighted by Gasteiger charge is -2.26. The number of carbonyl (C=O) groups excluding carboxylic acids is 2. The van der Waals surface area contributed by atoms with Crippen molar-refractivity contribution in [1.82, 2.24) is 15.2 Å². The third kappa shape index (κ3) is 11.2. The fourth-order valence-electron chi connectivity index (χ4n) is 3.05. The highest BCUT2D eigenvalue weighted by Gasteiger charge is 2.10. The van der Waals surface area contributed by atoms with Crippen molar-refractivity contribution in [2.24, 2.45) is 0 Å². The van der Waals surface area contributed by atoms with E-state index in [-0.39, 0.29) is 11.9 Å². The van der Waals surface area contributed by atoms with Crippen LogP contribution >= 0.6 is 11.8 Å². The Kier molecular flexibility index (Phi) is 12.0. The second kappa shape index (κ2) is 14.8. The number of piperidine rings is 1. The molecule has 0 saturated carbocycles. The fraction of sp³-hybridized carbons (Fsp3) is 0.591. The SMILES string of the molecule is CC(=O)OCCCSCC(=O)NC/C=C\COc1cc(CN2CCCCC2)ccn1. The fourth-order valence-corrected chi connectivity index (χ4v) is 3.81. The van der Waals surface area contributed by atoms with Gasteiger partial charge in [-0.15, -0.1) is 0 Å². The highest BCUT2D eigenvalue weighted by Crippen LogP contribution is 2.15. The van der Waals surface area contributed by atoms with Crippen molar-refractivity contribution in [3.63, 3.8) is 0 Å². The second-order valence-electron chi connectivity index (χ2n) is 7.17. The molecule has 0 bridgehead atoms. The summed E-state index contributed by atoms with van der Waals surface area (Å²) in [7, 11) is 0. The minimum Gasteiger partial charge on any atom is -0.473 e. The average Bonchev–Trinajstić information content (AvgIpc) is 2.74. The van der Waals surface area contributed by atoms with E-state index in [0.29, 0.717) is 31.4 Å². The molecule has 1 amide bonds. The third-order valence-corrected chi connectivity index (χ3v) is 5.58. The Morgan fingerprint density at radius 2 is 2.10 bits per heavy atom. The first-order chi connectivity index (χ1) is 14.6. The number of amides is 1. The summed E-state index contributed by atoms with van der Waals surface area (Å²) in [6, 6.07) is 4.05. The Labute approximate surface area is 183 Å². The van der Waals surface area contributed by atoms with Gasteiger partial charge in [0, 0.05) is 32.3 Å². The van der Waals surface area contributed by atoms with Gasteiger partial charge >= 0.3 is 5.97 Å². The Hall–Kier alpha value is -2.06. The summed E-state index contributed by atoms with van der Waals surface area (Å²) >= 11 is 1.53. The molecule has 0 aliphatic carbocycles. The van der Waals surface area contributed by atoms with Crippen LogP contribution in [-0.4, -0.2) is 66.1 Å². The molecular formula is C22H33N3O4S. The number of thioether (sulfide) groups is 1. The van der Waals surface area contributed by atoms with E-state index in [1.807, 2.05) is 24.3 Å². The normalized spacial score (nSPS) is 14.6. The van der Waals surface area contributed by atoms with Gasteiger partial charge in [0.25, 0.3) is 0 Å². The molecule has 7 nitrogen and oxygen atoms in total. The van der Waals surface area contributed by atoms with Crippen LogP contribution in [0.3, 0.4) is 0 Å². The molecule has 1 fully saturated rings. The monoisotopic (exact) mass is 435 g/mol. The number of aromatic nitrogens is 1. The van der Waals surface area contributed by atoms with Gasteiger partial charge in [0.05, 0.1) is 12.4 Å². The van der Waals surface area contributed by atoms with E-state index in [1.54, 1.807) is 6.20 Å². The number of likely N-dealkylation sites (tertiary alicyclic amines) is 1. The summed E-state index contributed by atoms with van der Waals surface area (Å²) in [5, 5.41) is 2.84. The topological polar surface area (TPSA) is 80.8 Å². The van der Waals surface area contributed by atoms with Gasteiger partial charge < -0.3 is 14.8 Å². The van der Waals surface area contributed by atoms with Crippen molar-refractivity contribution in [2.75, 3.05) is 44.4 Å². The summed E-state index contributed by atoms with van der Waals surface area (Å²) < 4.78 is 10.5. The molecule has 0 atom stereocenters. The van der Waals surface area contributed by atoms with Crippen LogP contribution in [0.15, 0.2) is 30.5 Å². The first-order valence-corrected chi connectivity index (χ1v) is 11.7. The van der Waals surface area contributed by atoms with E-state index in [9.17, 15) is 9.59 Å². The summed E-state index contributed by atoms with van der Waals surface area (Å²) in [4.78, 5) is 29.1. The van der Waals surface area contributed by atoms with Crippen molar-refractivity contribution in [2.45, 2.75) is 39.2 Å². The highest BCUT2D eigenvalue weighted by atomic mass is 32.2. The molecule has 8 heteroatoms. The van der Waals surface area contributed by atoms with Crippen LogP contribution in [0.25, 0.3) is 0 Å². The predicted molar refractivity (Wildman–Crippen MR) is 120 cm³/mol. The van der Waals surface area contributed by atoms with Gasteiger partial charge in [-0.1, -0.05) is 12.5 Å². The first-order valence-electron chi connectivity index (χ1n) is 10.6. The Bertz CT molecular complexity index is 678. The van der Waals surface area contributed by atoms with Crippen LogP contribution in [-0.2, 0) is 20.9 Å². The molecule has 0 unspecified atom stereocenters. The van der Waals surface area contributed by atoms with Crippen LogP contribution in [0.2, 0.25) is 0 Å². The summed E-state index contributed by atoms with van der Waals surface area (Å²) in [6.07, 6.45) is 10.2. The lowest BCUT2D eigenvalue weighted by molar-refractivity contribution is -0.140. The largest absolute Gasteiger partial charge is 0.473 e. The van der Waals surface area contributed by atoms with Crippen LogP contribution in [0, 0.1) is 0 Å². The van der Waals surface area contributed by atoms with Gasteiger partial charge in [0.1, 0.15) is 6.61 Å². The van der Waals surface area contributed by atoms with Gasteiger partial charge in [-0.3, -0.25) is 14.5 Å². The van der Waals surface area contributed by atoms with Gasteiger partial charge in [-0.25, -0.2) is 4.98 Å². The molecule has 2 rings (SSSR count). The number of rotatable bonds is 13. The number of nitrogens with one attached hydrogen (secondary N) is 1. The minimum absolute atomic E-state index is 0.00913. The Morgan fingerprint density at radius 1 is 1.27 bits per heavy atom. The molecule has 166 valence electrons. The molecule has 1 aromatic heterocycles. The maximum absolute atomic E-state index is 11.7. The number of carbonyl (C=O) groups is 2. The van der Waals surface area contributed by atoms with E-state index in [4.69, 9.17) is 9.47 Å². The maximum atomic E-state index is 11.7. The van der Waals surface area contributed by atoms with Gasteiger partial charge in [0.15, 0.2) is 0 Å². The van der Waals surface area contributed by atoms with Crippen molar-refractivity contribution in [3.05, 3.63) is 36.0 Å². The van der Waals surface area contributed by atoms with E-state index in [1.165, 1.54) is 56.6 Å². The second-order valence-corrected chi connectivity index (χ2v) is 8.28. The molecule has 1 N–H and O–H groups in total. The van der Waals surface area contributed by atoms with Crippen molar-refractivity contribution in [3.8, 4) is 5.88 Å². The lowest BCUT2D eigenvalue weighted by atomic mass is 10.1. The third-order valence-electron chi connectivity index (χ3n) is 4.54.